The van der Waals surface area contributed by atoms with E-state index in [0.29, 0.717) is 11.1 Å². The average Bonchev–Trinajstić information content (AvgIpc) is 2.80. The highest BCUT2D eigenvalue weighted by atomic mass is 32.2. The molecule has 2 rings (SSSR count). The van der Waals surface area contributed by atoms with E-state index in [9.17, 15) is 8.42 Å². The van der Waals surface area contributed by atoms with Crippen molar-refractivity contribution in [3.05, 3.63) is 34.3 Å². The summed E-state index contributed by atoms with van der Waals surface area (Å²) in [5, 5.41) is 7.30. The predicted octanol–water partition coefficient (Wildman–Crippen LogP) is -0.473. The molecular formula is C9H10N4O3S. The maximum absolute atomic E-state index is 11.2. The molecule has 90 valence electrons. The lowest BCUT2D eigenvalue weighted by Crippen LogP contribution is -2.41. The van der Waals surface area contributed by atoms with E-state index < -0.39 is 16.2 Å². The molecule has 0 fully saturated rings. The van der Waals surface area contributed by atoms with Gasteiger partial charge in [-0.15, -0.1) is 0 Å². The van der Waals surface area contributed by atoms with Crippen LogP contribution in [0.4, 0.5) is 0 Å². The third kappa shape index (κ3) is 2.24. The third-order valence-corrected chi connectivity index (χ3v) is 3.36. The fourth-order valence-corrected chi connectivity index (χ4v) is 2.38. The van der Waals surface area contributed by atoms with Gasteiger partial charge in [0.1, 0.15) is 0 Å². The van der Waals surface area contributed by atoms with E-state index in [2.05, 4.69) is 15.6 Å². The molecule has 0 aromatic rings. The standard InChI is InChI=1S/C9H10N4O3S/c10-13-9-7(6-4-11-12-5-6)2-1-3-8(9)17(14,15)16/h1-5,9,13H,10H2,(H,14,15,16). The molecular weight excluding hydrogens is 244 g/mol. The van der Waals surface area contributed by atoms with Gasteiger partial charge in [0.2, 0.25) is 0 Å². The van der Waals surface area contributed by atoms with Gasteiger partial charge in [-0.2, -0.15) is 18.6 Å². The van der Waals surface area contributed by atoms with E-state index in [0.717, 1.165) is 0 Å². The maximum atomic E-state index is 11.2. The SMILES string of the molecule is NNC1C(S(=O)(=O)O)=CC=CC1=C1C=NN=C1. The van der Waals surface area contributed by atoms with E-state index in [-0.39, 0.29) is 4.91 Å². The number of rotatable bonds is 2. The second-order valence-corrected chi connectivity index (χ2v) is 4.82. The normalized spacial score (nSPS) is 23.4. The monoisotopic (exact) mass is 254 g/mol. The average molecular weight is 254 g/mol. The molecule has 8 heteroatoms. The van der Waals surface area contributed by atoms with Gasteiger partial charge < -0.3 is 0 Å². The van der Waals surface area contributed by atoms with Crippen LogP contribution in [0.25, 0.3) is 0 Å². The molecule has 0 spiro atoms. The van der Waals surface area contributed by atoms with Crippen molar-refractivity contribution < 1.29 is 13.0 Å². The Hall–Kier alpha value is -1.61. The number of hydrogen-bond donors (Lipinski definition) is 3. The van der Waals surface area contributed by atoms with Crippen LogP contribution in [0.3, 0.4) is 0 Å². The van der Waals surface area contributed by atoms with Crippen LogP contribution in [0.15, 0.2) is 44.5 Å². The quantitative estimate of drug-likeness (QED) is 0.350. The first-order valence-corrected chi connectivity index (χ1v) is 6.10. The number of nitrogens with two attached hydrogens (primary N) is 1. The summed E-state index contributed by atoms with van der Waals surface area (Å²) in [6.45, 7) is 0. The topological polar surface area (TPSA) is 117 Å². The fourth-order valence-electron chi connectivity index (χ4n) is 1.64. The zero-order valence-corrected chi connectivity index (χ0v) is 9.42. The summed E-state index contributed by atoms with van der Waals surface area (Å²) in [7, 11) is -4.31. The van der Waals surface area contributed by atoms with Crippen molar-refractivity contribution in [1.82, 2.24) is 5.43 Å². The summed E-state index contributed by atoms with van der Waals surface area (Å²) in [5.41, 5.74) is 3.56. The molecule has 17 heavy (non-hydrogen) atoms. The molecule has 4 N–H and O–H groups in total. The molecule has 7 nitrogen and oxygen atoms in total. The lowest BCUT2D eigenvalue weighted by molar-refractivity contribution is 0.485. The highest BCUT2D eigenvalue weighted by Crippen LogP contribution is 2.24. The van der Waals surface area contributed by atoms with E-state index in [1.54, 1.807) is 6.08 Å². The summed E-state index contributed by atoms with van der Waals surface area (Å²) >= 11 is 0. The molecule has 0 bridgehead atoms. The fraction of sp³-hybridized carbons (Fsp3) is 0.111. The third-order valence-electron chi connectivity index (χ3n) is 2.39. The van der Waals surface area contributed by atoms with Crippen molar-refractivity contribution in [2.24, 2.45) is 16.0 Å². The first-order chi connectivity index (χ1) is 8.04. The highest BCUT2D eigenvalue weighted by molar-refractivity contribution is 7.89. The van der Waals surface area contributed by atoms with Crippen molar-refractivity contribution in [2.75, 3.05) is 0 Å². The number of nitrogens with one attached hydrogen (secondary N) is 1. The molecule has 0 saturated heterocycles. The van der Waals surface area contributed by atoms with E-state index in [1.165, 1.54) is 24.6 Å². The van der Waals surface area contributed by atoms with Crippen LogP contribution in [-0.4, -0.2) is 31.4 Å². The Kier molecular flexibility index (Phi) is 3.03. The van der Waals surface area contributed by atoms with Gasteiger partial charge in [0, 0.05) is 5.57 Å². The highest BCUT2D eigenvalue weighted by Gasteiger charge is 2.29. The van der Waals surface area contributed by atoms with Crippen molar-refractivity contribution in [1.29, 1.82) is 0 Å². The van der Waals surface area contributed by atoms with Crippen LogP contribution >= 0.6 is 0 Å². The zero-order chi connectivity index (χ0) is 12.5. The molecule has 1 atom stereocenters. The van der Waals surface area contributed by atoms with Crippen LogP contribution in [0.1, 0.15) is 0 Å². The van der Waals surface area contributed by atoms with Gasteiger partial charge in [-0.05, 0) is 11.6 Å². The molecule has 1 aliphatic carbocycles. The van der Waals surface area contributed by atoms with Gasteiger partial charge in [-0.25, -0.2) is 5.43 Å². The van der Waals surface area contributed by atoms with Crippen LogP contribution in [-0.2, 0) is 10.1 Å². The molecule has 1 heterocycles. The van der Waals surface area contributed by atoms with Gasteiger partial charge in [0.25, 0.3) is 10.1 Å². The molecule has 0 aromatic carbocycles. The van der Waals surface area contributed by atoms with Gasteiger partial charge in [-0.3, -0.25) is 10.4 Å². The van der Waals surface area contributed by atoms with Crippen molar-refractivity contribution >= 4 is 22.5 Å². The van der Waals surface area contributed by atoms with Crippen LogP contribution in [0.2, 0.25) is 0 Å². The van der Waals surface area contributed by atoms with Gasteiger partial charge in [0.05, 0.1) is 23.4 Å². The van der Waals surface area contributed by atoms with Crippen LogP contribution in [0, 0.1) is 0 Å². The zero-order valence-electron chi connectivity index (χ0n) is 8.61. The molecule has 0 radical (unpaired) electrons. The second-order valence-electron chi connectivity index (χ2n) is 3.40. The van der Waals surface area contributed by atoms with Crippen molar-refractivity contribution in [2.45, 2.75) is 6.04 Å². The Morgan fingerprint density at radius 2 is 2.00 bits per heavy atom. The summed E-state index contributed by atoms with van der Waals surface area (Å²) in [6, 6.07) is -0.819. The number of allylic oxidation sites excluding steroid dienone is 3. The lowest BCUT2D eigenvalue weighted by Gasteiger charge is -2.22. The van der Waals surface area contributed by atoms with Crippen molar-refractivity contribution in [3.8, 4) is 0 Å². The molecule has 1 aliphatic heterocycles. The predicted molar refractivity (Wildman–Crippen MR) is 63.9 cm³/mol. The largest absolute Gasteiger partial charge is 0.292 e. The van der Waals surface area contributed by atoms with Gasteiger partial charge in [0.15, 0.2) is 0 Å². The summed E-state index contributed by atoms with van der Waals surface area (Å²) in [5.74, 6) is 5.32. The Morgan fingerprint density at radius 3 is 2.53 bits per heavy atom. The Balaban J connectivity index is 2.52. The molecule has 0 amide bonds. The second kappa shape index (κ2) is 4.34. The molecule has 2 aliphatic rings. The van der Waals surface area contributed by atoms with Gasteiger partial charge >= 0.3 is 0 Å². The Bertz CT molecular complexity index is 569. The minimum absolute atomic E-state index is 0.210. The lowest BCUT2D eigenvalue weighted by atomic mass is 9.97. The minimum atomic E-state index is -4.31. The minimum Gasteiger partial charge on any atom is -0.282 e. The molecule has 0 saturated carbocycles. The smallest absolute Gasteiger partial charge is 0.282 e. The Morgan fingerprint density at radius 1 is 1.35 bits per heavy atom. The van der Waals surface area contributed by atoms with E-state index >= 15 is 0 Å². The Labute approximate surface area is 97.8 Å². The van der Waals surface area contributed by atoms with E-state index in [1.807, 2.05) is 0 Å². The van der Waals surface area contributed by atoms with E-state index in [4.69, 9.17) is 10.4 Å². The first-order valence-electron chi connectivity index (χ1n) is 4.66. The first kappa shape index (κ1) is 11.9. The number of hydrogen-bond acceptors (Lipinski definition) is 6. The van der Waals surface area contributed by atoms with Crippen LogP contribution in [0.5, 0.6) is 0 Å². The summed E-state index contributed by atoms with van der Waals surface area (Å²) in [6.07, 6.45) is 7.44. The molecule has 0 aromatic heterocycles. The number of nitrogens with zero attached hydrogens (tertiary/aromatic N) is 2. The summed E-state index contributed by atoms with van der Waals surface area (Å²) < 4.78 is 31.5. The maximum Gasteiger partial charge on any atom is 0.292 e. The van der Waals surface area contributed by atoms with Crippen LogP contribution < -0.4 is 11.3 Å². The molecule has 1 unspecified atom stereocenters. The number of hydrazine groups is 1. The van der Waals surface area contributed by atoms with Crippen molar-refractivity contribution in [3.63, 3.8) is 0 Å². The summed E-state index contributed by atoms with van der Waals surface area (Å²) in [4.78, 5) is -0.210. The van der Waals surface area contributed by atoms with Gasteiger partial charge in [-0.1, -0.05) is 12.2 Å².